The molecule has 7 nitrogen and oxygen atoms in total. The van der Waals surface area contributed by atoms with Crippen LogP contribution in [0.15, 0.2) is 70.9 Å². The van der Waals surface area contributed by atoms with Crippen molar-refractivity contribution in [1.82, 2.24) is 10.6 Å². The van der Waals surface area contributed by atoms with Gasteiger partial charge in [0, 0.05) is 18.0 Å². The highest BCUT2D eigenvalue weighted by molar-refractivity contribution is 7.91. The number of benzene rings is 2. The molecular weight excluding hydrogens is 455 g/mol. The molecule has 32 heavy (non-hydrogen) atoms. The van der Waals surface area contributed by atoms with Crippen LogP contribution in [0.25, 0.3) is 0 Å². The van der Waals surface area contributed by atoms with E-state index in [9.17, 15) is 22.4 Å². The van der Waals surface area contributed by atoms with Crippen molar-refractivity contribution in [2.75, 3.05) is 13.7 Å². The number of thiophene rings is 1. The van der Waals surface area contributed by atoms with Crippen LogP contribution in [0.4, 0.5) is 4.39 Å². The molecule has 0 radical (unpaired) electrons. The Kier molecular flexibility index (Phi) is 7.60. The monoisotopic (exact) mass is 476 g/mol. The van der Waals surface area contributed by atoms with Crippen LogP contribution in [0.1, 0.15) is 15.7 Å². The molecule has 1 aromatic heterocycles. The third-order valence-electron chi connectivity index (χ3n) is 4.64. The summed E-state index contributed by atoms with van der Waals surface area (Å²) in [4.78, 5) is 24.8. The molecule has 0 spiro atoms. The van der Waals surface area contributed by atoms with E-state index in [0.717, 1.165) is 17.7 Å². The second kappa shape index (κ2) is 10.4. The van der Waals surface area contributed by atoms with Gasteiger partial charge in [-0.15, -0.1) is 11.3 Å². The zero-order chi connectivity index (χ0) is 23.1. The standard InChI is InChI=1S/C22H21FN2O5S2/c1-30-17-8-4-15(5-9-17)13-24-21(26)22(27)25-14-20(19-3-2-12-31-19)32(28,29)18-10-6-16(23)7-11-18/h2-12,20H,13-14H2,1H3,(H,24,26)(H,25,27)/t20-/m0/s1. The lowest BCUT2D eigenvalue weighted by Crippen LogP contribution is -2.42. The van der Waals surface area contributed by atoms with E-state index in [2.05, 4.69) is 10.6 Å². The first-order valence-electron chi connectivity index (χ1n) is 9.53. The van der Waals surface area contributed by atoms with Crippen LogP contribution >= 0.6 is 11.3 Å². The SMILES string of the molecule is COc1ccc(CNC(=O)C(=O)NC[C@@H](c2cccs2)S(=O)(=O)c2ccc(F)cc2)cc1. The molecule has 1 heterocycles. The predicted octanol–water partition coefficient (Wildman–Crippen LogP) is 2.84. The molecule has 0 aliphatic heterocycles. The highest BCUT2D eigenvalue weighted by atomic mass is 32.2. The first-order valence-corrected chi connectivity index (χ1v) is 12.0. The third kappa shape index (κ3) is 5.71. The van der Waals surface area contributed by atoms with E-state index in [4.69, 9.17) is 4.74 Å². The first-order chi connectivity index (χ1) is 15.3. The maximum Gasteiger partial charge on any atom is 0.309 e. The Hall–Kier alpha value is -3.24. The maximum absolute atomic E-state index is 13.2. The van der Waals surface area contributed by atoms with Gasteiger partial charge < -0.3 is 15.4 Å². The topological polar surface area (TPSA) is 102 Å². The van der Waals surface area contributed by atoms with E-state index in [1.807, 2.05) is 0 Å². The Bertz CT molecular complexity index is 1160. The van der Waals surface area contributed by atoms with E-state index >= 15 is 0 Å². The summed E-state index contributed by atoms with van der Waals surface area (Å²) in [6.45, 7) is -0.187. The van der Waals surface area contributed by atoms with Crippen molar-refractivity contribution in [2.45, 2.75) is 16.7 Å². The van der Waals surface area contributed by atoms with Crippen molar-refractivity contribution in [3.63, 3.8) is 0 Å². The minimum absolute atomic E-state index is 0.0736. The number of carbonyl (C=O) groups excluding carboxylic acids is 2. The molecule has 168 valence electrons. The Morgan fingerprint density at radius 2 is 1.66 bits per heavy atom. The molecule has 0 aliphatic carbocycles. The second-order valence-corrected chi connectivity index (χ2v) is 9.85. The fourth-order valence-electron chi connectivity index (χ4n) is 2.90. The van der Waals surface area contributed by atoms with Crippen LogP contribution < -0.4 is 15.4 Å². The van der Waals surface area contributed by atoms with Crippen LogP contribution in [0.2, 0.25) is 0 Å². The van der Waals surface area contributed by atoms with Gasteiger partial charge in [-0.3, -0.25) is 9.59 Å². The Morgan fingerprint density at radius 3 is 2.25 bits per heavy atom. The molecule has 0 fully saturated rings. The Labute approximate surface area is 189 Å². The fraction of sp³-hybridized carbons (Fsp3) is 0.182. The Morgan fingerprint density at radius 1 is 1.00 bits per heavy atom. The summed E-state index contributed by atoms with van der Waals surface area (Å²) in [7, 11) is -2.40. The van der Waals surface area contributed by atoms with E-state index < -0.39 is 32.7 Å². The minimum Gasteiger partial charge on any atom is -0.497 e. The van der Waals surface area contributed by atoms with Crippen molar-refractivity contribution in [3.8, 4) is 5.75 Å². The summed E-state index contributed by atoms with van der Waals surface area (Å²) in [6, 6.07) is 14.7. The van der Waals surface area contributed by atoms with Crippen LogP contribution in [-0.4, -0.2) is 33.9 Å². The molecule has 3 aromatic rings. The maximum atomic E-state index is 13.2. The van der Waals surface area contributed by atoms with E-state index in [1.54, 1.807) is 48.9 Å². The number of carbonyl (C=O) groups is 2. The summed E-state index contributed by atoms with van der Waals surface area (Å²) < 4.78 is 44.5. The largest absolute Gasteiger partial charge is 0.497 e. The van der Waals surface area contributed by atoms with Gasteiger partial charge in [-0.05, 0) is 53.4 Å². The molecule has 0 bridgehead atoms. The molecule has 3 rings (SSSR count). The lowest BCUT2D eigenvalue weighted by Gasteiger charge is -2.17. The number of ether oxygens (including phenoxy) is 1. The highest BCUT2D eigenvalue weighted by Crippen LogP contribution is 2.31. The minimum atomic E-state index is -3.94. The van der Waals surface area contributed by atoms with Gasteiger partial charge in [0.15, 0.2) is 9.84 Å². The fourth-order valence-corrected chi connectivity index (χ4v) is 5.68. The van der Waals surface area contributed by atoms with Crippen molar-refractivity contribution >= 4 is 33.0 Å². The number of hydrogen-bond donors (Lipinski definition) is 2. The normalized spacial score (nSPS) is 12.1. The van der Waals surface area contributed by atoms with Crippen molar-refractivity contribution in [2.24, 2.45) is 0 Å². The van der Waals surface area contributed by atoms with Crippen LogP contribution in [0.5, 0.6) is 5.75 Å². The van der Waals surface area contributed by atoms with E-state index in [0.29, 0.717) is 10.6 Å². The molecule has 0 aliphatic rings. The quantitative estimate of drug-likeness (QED) is 0.385. The smallest absolute Gasteiger partial charge is 0.309 e. The molecule has 2 aromatic carbocycles. The van der Waals surface area contributed by atoms with E-state index in [1.165, 1.54) is 23.5 Å². The lowest BCUT2D eigenvalue weighted by atomic mass is 10.2. The molecule has 2 N–H and O–H groups in total. The first kappa shape index (κ1) is 23.4. The number of hydrogen-bond acceptors (Lipinski definition) is 6. The summed E-state index contributed by atoms with van der Waals surface area (Å²) in [6.07, 6.45) is 0. The number of halogens is 1. The molecule has 0 unspecified atom stereocenters. The van der Waals surface area contributed by atoms with Gasteiger partial charge in [-0.25, -0.2) is 12.8 Å². The molecular formula is C22H21FN2O5S2. The third-order valence-corrected chi connectivity index (χ3v) is 7.88. The second-order valence-electron chi connectivity index (χ2n) is 6.74. The number of amides is 2. The molecule has 0 saturated carbocycles. The molecule has 1 atom stereocenters. The van der Waals surface area contributed by atoms with Gasteiger partial charge >= 0.3 is 11.8 Å². The molecule has 2 amide bonds. The van der Waals surface area contributed by atoms with E-state index in [-0.39, 0.29) is 18.0 Å². The summed E-state index contributed by atoms with van der Waals surface area (Å²) in [5, 5.41) is 5.48. The number of rotatable bonds is 8. The van der Waals surface area contributed by atoms with Crippen LogP contribution in [-0.2, 0) is 26.0 Å². The van der Waals surface area contributed by atoms with Crippen LogP contribution in [0.3, 0.4) is 0 Å². The van der Waals surface area contributed by atoms with Gasteiger partial charge in [0.2, 0.25) is 0 Å². The summed E-state index contributed by atoms with van der Waals surface area (Å²) in [5.41, 5.74) is 0.766. The van der Waals surface area contributed by atoms with Gasteiger partial charge in [0.25, 0.3) is 0 Å². The predicted molar refractivity (Wildman–Crippen MR) is 118 cm³/mol. The average molecular weight is 477 g/mol. The molecule has 0 saturated heterocycles. The highest BCUT2D eigenvalue weighted by Gasteiger charge is 2.31. The van der Waals surface area contributed by atoms with Crippen molar-refractivity contribution in [3.05, 3.63) is 82.3 Å². The van der Waals surface area contributed by atoms with Gasteiger partial charge in [-0.1, -0.05) is 18.2 Å². The summed E-state index contributed by atoms with van der Waals surface area (Å²) in [5.74, 6) is -1.72. The Balaban J connectivity index is 1.66. The number of nitrogens with one attached hydrogen (secondary N) is 2. The zero-order valence-corrected chi connectivity index (χ0v) is 18.7. The number of sulfone groups is 1. The lowest BCUT2D eigenvalue weighted by molar-refractivity contribution is -0.139. The number of methoxy groups -OCH3 is 1. The summed E-state index contributed by atoms with van der Waals surface area (Å²) >= 11 is 1.21. The van der Waals surface area contributed by atoms with Crippen molar-refractivity contribution < 1.29 is 27.1 Å². The van der Waals surface area contributed by atoms with Crippen LogP contribution in [0, 0.1) is 5.82 Å². The van der Waals surface area contributed by atoms with Gasteiger partial charge in [0.05, 0.1) is 12.0 Å². The zero-order valence-electron chi connectivity index (χ0n) is 17.1. The van der Waals surface area contributed by atoms with Gasteiger partial charge in [0.1, 0.15) is 16.8 Å². The molecule has 10 heteroatoms. The van der Waals surface area contributed by atoms with Gasteiger partial charge in [-0.2, -0.15) is 0 Å². The average Bonchev–Trinajstić information content (AvgIpc) is 3.32. The van der Waals surface area contributed by atoms with Crippen molar-refractivity contribution in [1.29, 1.82) is 0 Å².